The van der Waals surface area contributed by atoms with Crippen molar-refractivity contribution in [3.8, 4) is 0 Å². The zero-order valence-electron chi connectivity index (χ0n) is 9.21. The molecule has 0 aliphatic rings. The van der Waals surface area contributed by atoms with E-state index in [2.05, 4.69) is 23.5 Å². The van der Waals surface area contributed by atoms with Gasteiger partial charge in [0, 0.05) is 12.3 Å². The third-order valence-corrected chi connectivity index (χ3v) is 1.71. The van der Waals surface area contributed by atoms with Crippen molar-refractivity contribution in [3.63, 3.8) is 0 Å². The second kappa shape index (κ2) is 5.98. The SMILES string of the molecule is C=C(N)N=C(C)C(=C)CNC(=O)[C@H](C)N. The molecule has 0 aromatic carbocycles. The van der Waals surface area contributed by atoms with Gasteiger partial charge in [0.25, 0.3) is 0 Å². The van der Waals surface area contributed by atoms with Crippen LogP contribution in [0.1, 0.15) is 13.8 Å². The van der Waals surface area contributed by atoms with E-state index in [1.807, 2.05) is 0 Å². The molecule has 0 rings (SSSR count). The van der Waals surface area contributed by atoms with E-state index >= 15 is 0 Å². The van der Waals surface area contributed by atoms with Crippen molar-refractivity contribution in [3.05, 3.63) is 24.6 Å². The highest BCUT2D eigenvalue weighted by atomic mass is 16.2. The Morgan fingerprint density at radius 1 is 1.53 bits per heavy atom. The molecule has 0 unspecified atom stereocenters. The van der Waals surface area contributed by atoms with Crippen LogP contribution in [0.15, 0.2) is 29.5 Å². The summed E-state index contributed by atoms with van der Waals surface area (Å²) in [5.41, 5.74) is 12.0. The van der Waals surface area contributed by atoms with E-state index in [1.54, 1.807) is 13.8 Å². The Morgan fingerprint density at radius 3 is 2.47 bits per heavy atom. The largest absolute Gasteiger partial charge is 0.384 e. The fraction of sp³-hybridized carbons (Fsp3) is 0.400. The molecule has 1 atom stereocenters. The molecule has 15 heavy (non-hydrogen) atoms. The second-order valence-electron chi connectivity index (χ2n) is 3.30. The van der Waals surface area contributed by atoms with Gasteiger partial charge >= 0.3 is 0 Å². The van der Waals surface area contributed by atoms with Crippen LogP contribution in [-0.2, 0) is 4.79 Å². The maximum atomic E-state index is 11.1. The molecule has 0 saturated heterocycles. The number of aliphatic imine (C=N–C) groups is 1. The Morgan fingerprint density at radius 2 is 2.07 bits per heavy atom. The number of nitrogens with zero attached hydrogens (tertiary/aromatic N) is 1. The van der Waals surface area contributed by atoms with Crippen molar-refractivity contribution >= 4 is 11.6 Å². The van der Waals surface area contributed by atoms with Crippen LogP contribution in [0.2, 0.25) is 0 Å². The zero-order chi connectivity index (χ0) is 12.0. The average molecular weight is 210 g/mol. The monoisotopic (exact) mass is 210 g/mol. The van der Waals surface area contributed by atoms with E-state index in [1.165, 1.54) is 0 Å². The summed E-state index contributed by atoms with van der Waals surface area (Å²) in [6, 6.07) is -0.528. The lowest BCUT2D eigenvalue weighted by molar-refractivity contribution is -0.121. The van der Waals surface area contributed by atoms with E-state index in [0.717, 1.165) is 0 Å². The van der Waals surface area contributed by atoms with Crippen molar-refractivity contribution in [1.29, 1.82) is 0 Å². The quantitative estimate of drug-likeness (QED) is 0.553. The number of hydrogen-bond acceptors (Lipinski definition) is 4. The molecule has 5 nitrogen and oxygen atoms in total. The Kier molecular flexibility index (Phi) is 5.33. The third kappa shape index (κ3) is 5.64. The van der Waals surface area contributed by atoms with Crippen LogP contribution in [0.5, 0.6) is 0 Å². The molecule has 0 heterocycles. The minimum absolute atomic E-state index is 0.215. The molecule has 0 aromatic rings. The molecule has 1 amide bonds. The first-order chi connectivity index (χ1) is 6.84. The molecule has 0 radical (unpaired) electrons. The molecule has 0 bridgehead atoms. The van der Waals surface area contributed by atoms with Crippen LogP contribution in [0, 0.1) is 0 Å². The number of carbonyl (C=O) groups excluding carboxylic acids is 1. The van der Waals surface area contributed by atoms with Gasteiger partial charge in [-0.15, -0.1) is 0 Å². The lowest BCUT2D eigenvalue weighted by Crippen LogP contribution is -2.39. The molecule has 5 heteroatoms. The van der Waals surface area contributed by atoms with Gasteiger partial charge in [0.15, 0.2) is 0 Å². The van der Waals surface area contributed by atoms with Crippen molar-refractivity contribution in [2.45, 2.75) is 19.9 Å². The van der Waals surface area contributed by atoms with Gasteiger partial charge in [-0.2, -0.15) is 0 Å². The van der Waals surface area contributed by atoms with E-state index in [4.69, 9.17) is 11.5 Å². The van der Waals surface area contributed by atoms with E-state index in [9.17, 15) is 4.79 Å². The van der Waals surface area contributed by atoms with Gasteiger partial charge in [-0.25, -0.2) is 4.99 Å². The van der Waals surface area contributed by atoms with Crippen LogP contribution in [0.4, 0.5) is 0 Å². The summed E-state index contributed by atoms with van der Waals surface area (Å²) in [6.45, 7) is 10.9. The van der Waals surface area contributed by atoms with Gasteiger partial charge < -0.3 is 16.8 Å². The topological polar surface area (TPSA) is 93.5 Å². The third-order valence-electron chi connectivity index (χ3n) is 1.71. The molecular weight excluding hydrogens is 192 g/mol. The first-order valence-corrected chi connectivity index (χ1v) is 4.55. The summed E-state index contributed by atoms with van der Waals surface area (Å²) in [5, 5.41) is 2.62. The zero-order valence-corrected chi connectivity index (χ0v) is 9.21. The smallest absolute Gasteiger partial charge is 0.236 e. The van der Waals surface area contributed by atoms with E-state index in [0.29, 0.717) is 17.8 Å². The van der Waals surface area contributed by atoms with Crippen molar-refractivity contribution in [2.75, 3.05) is 6.54 Å². The molecule has 5 N–H and O–H groups in total. The summed E-state index contributed by atoms with van der Waals surface area (Å²) in [4.78, 5) is 15.1. The molecule has 84 valence electrons. The molecule has 0 aliphatic carbocycles. The average Bonchev–Trinajstić information content (AvgIpc) is 2.12. The van der Waals surface area contributed by atoms with Crippen LogP contribution in [-0.4, -0.2) is 24.2 Å². The summed E-state index contributed by atoms with van der Waals surface area (Å²) in [7, 11) is 0. The fourth-order valence-corrected chi connectivity index (χ4v) is 0.777. The summed E-state index contributed by atoms with van der Waals surface area (Å²) in [5.74, 6) is -0.0114. The van der Waals surface area contributed by atoms with Gasteiger partial charge in [-0.05, 0) is 19.4 Å². The first-order valence-electron chi connectivity index (χ1n) is 4.55. The maximum Gasteiger partial charge on any atom is 0.236 e. The molecule has 0 saturated carbocycles. The van der Waals surface area contributed by atoms with Crippen LogP contribution in [0.3, 0.4) is 0 Å². The van der Waals surface area contributed by atoms with Crippen molar-refractivity contribution < 1.29 is 4.79 Å². The molecule has 0 fully saturated rings. The number of carbonyl (C=O) groups is 1. The maximum absolute atomic E-state index is 11.1. The van der Waals surface area contributed by atoms with E-state index in [-0.39, 0.29) is 11.7 Å². The highest BCUT2D eigenvalue weighted by Gasteiger charge is 2.07. The molecular formula is C10H18N4O. The van der Waals surface area contributed by atoms with Crippen molar-refractivity contribution in [2.24, 2.45) is 16.5 Å². The van der Waals surface area contributed by atoms with Gasteiger partial charge in [-0.3, -0.25) is 4.79 Å². The normalized spacial score (nSPS) is 13.1. The Balaban J connectivity index is 4.16. The number of nitrogens with two attached hydrogens (primary N) is 2. The van der Waals surface area contributed by atoms with Gasteiger partial charge in [0.05, 0.1) is 6.04 Å². The lowest BCUT2D eigenvalue weighted by atomic mass is 10.2. The summed E-state index contributed by atoms with van der Waals surface area (Å²) < 4.78 is 0. The number of rotatable bonds is 5. The van der Waals surface area contributed by atoms with Gasteiger partial charge in [-0.1, -0.05) is 13.2 Å². The highest BCUT2D eigenvalue weighted by molar-refractivity contribution is 5.99. The van der Waals surface area contributed by atoms with Crippen LogP contribution in [0.25, 0.3) is 0 Å². The Hall–Kier alpha value is -1.62. The van der Waals surface area contributed by atoms with Gasteiger partial charge in [0.1, 0.15) is 5.82 Å². The molecule has 0 aromatic heterocycles. The number of amides is 1. The van der Waals surface area contributed by atoms with Gasteiger partial charge in [0.2, 0.25) is 5.91 Å². The lowest BCUT2D eigenvalue weighted by Gasteiger charge is -2.09. The van der Waals surface area contributed by atoms with E-state index < -0.39 is 6.04 Å². The Bertz CT molecular complexity index is 305. The van der Waals surface area contributed by atoms with Crippen LogP contribution < -0.4 is 16.8 Å². The summed E-state index contributed by atoms with van der Waals surface area (Å²) in [6.07, 6.45) is 0. The first kappa shape index (κ1) is 13.4. The number of hydrogen-bond donors (Lipinski definition) is 3. The Labute approximate surface area is 89.9 Å². The predicted molar refractivity (Wildman–Crippen MR) is 62.2 cm³/mol. The second-order valence-corrected chi connectivity index (χ2v) is 3.30. The minimum atomic E-state index is -0.528. The number of nitrogens with one attached hydrogen (secondary N) is 1. The fourth-order valence-electron chi connectivity index (χ4n) is 0.777. The minimum Gasteiger partial charge on any atom is -0.384 e. The van der Waals surface area contributed by atoms with Crippen LogP contribution >= 0.6 is 0 Å². The van der Waals surface area contributed by atoms with Crippen molar-refractivity contribution in [1.82, 2.24) is 5.32 Å². The predicted octanol–water partition coefficient (Wildman–Crippen LogP) is -0.103. The standard InChI is InChI=1S/C10H18N4O/c1-6(8(3)14-9(4)12)5-13-10(15)7(2)11/h7H,1,4-5,11-12H2,2-3H3,(H,13,15)/t7-/m0/s1. The summed E-state index contributed by atoms with van der Waals surface area (Å²) >= 11 is 0. The molecule has 0 aliphatic heterocycles. The highest BCUT2D eigenvalue weighted by Crippen LogP contribution is 1.95. The molecule has 0 spiro atoms.